The van der Waals surface area contributed by atoms with Crippen molar-refractivity contribution in [1.82, 2.24) is 0 Å². The van der Waals surface area contributed by atoms with Crippen LogP contribution in [-0.4, -0.2) is 52.4 Å². The van der Waals surface area contributed by atoms with Gasteiger partial charge in [-0.25, -0.2) is 0 Å². The monoisotopic (exact) mass is 724 g/mol. The van der Waals surface area contributed by atoms with Crippen molar-refractivity contribution in [3.8, 4) is 5.75 Å². The maximum absolute atomic E-state index is 7.34. The highest BCUT2D eigenvalue weighted by Crippen LogP contribution is 2.44. The number of benzene rings is 4. The highest BCUT2D eigenvalue weighted by Gasteiger charge is 2.51. The molecule has 1 fully saturated rings. The predicted octanol–water partition coefficient (Wildman–Crippen LogP) is 9.44. The van der Waals surface area contributed by atoms with Crippen LogP contribution in [0, 0.1) is 5.41 Å². The van der Waals surface area contributed by atoms with Crippen LogP contribution in [0.2, 0.25) is 5.04 Å². The summed E-state index contributed by atoms with van der Waals surface area (Å²) in [7, 11) is -1.06. The van der Waals surface area contributed by atoms with Crippen LogP contribution in [0.3, 0.4) is 0 Å². The third-order valence-corrected chi connectivity index (χ3v) is 16.1. The van der Waals surface area contributed by atoms with Gasteiger partial charge in [0, 0.05) is 16.1 Å². The van der Waals surface area contributed by atoms with Crippen molar-refractivity contribution in [2.45, 2.75) is 89.4 Å². The van der Waals surface area contributed by atoms with Crippen molar-refractivity contribution < 1.29 is 23.4 Å². The van der Waals surface area contributed by atoms with E-state index >= 15 is 0 Å². The van der Waals surface area contributed by atoms with Gasteiger partial charge >= 0.3 is 0 Å². The lowest BCUT2D eigenvalue weighted by atomic mass is 9.82. The van der Waals surface area contributed by atoms with E-state index in [2.05, 4.69) is 132 Å². The summed E-state index contributed by atoms with van der Waals surface area (Å²) in [5.74, 6) is 0.994. The zero-order chi connectivity index (χ0) is 36.5. The van der Waals surface area contributed by atoms with Crippen molar-refractivity contribution in [3.05, 3.63) is 132 Å². The molecule has 0 radical (unpaired) electrons. The maximum Gasteiger partial charge on any atom is 0.261 e. The Hall–Kier alpha value is -3.17. The first-order chi connectivity index (χ1) is 24.3. The summed E-state index contributed by atoms with van der Waals surface area (Å²) >= 11 is 1.86. The van der Waals surface area contributed by atoms with Gasteiger partial charge in [0.15, 0.2) is 5.79 Å². The van der Waals surface area contributed by atoms with E-state index in [1.807, 2.05) is 49.9 Å². The molecular weight excluding hydrogens is 669 g/mol. The summed E-state index contributed by atoms with van der Waals surface area (Å²) in [6.45, 7) is 17.1. The fraction of sp³-hybridized carbons (Fsp3) is 0.409. The van der Waals surface area contributed by atoms with Crippen molar-refractivity contribution in [2.75, 3.05) is 26.1 Å². The molecule has 272 valence electrons. The van der Waals surface area contributed by atoms with E-state index in [1.54, 1.807) is 7.11 Å². The van der Waals surface area contributed by atoms with E-state index in [0.29, 0.717) is 26.2 Å². The molecule has 7 heteroatoms. The Labute approximate surface area is 311 Å². The maximum atomic E-state index is 7.34. The lowest BCUT2D eigenvalue weighted by Crippen LogP contribution is -2.66. The molecule has 4 aromatic rings. The summed E-state index contributed by atoms with van der Waals surface area (Å²) < 4.78 is 32.5. The SMILES string of the molecule is COc1ccc(COCC/C(=C\CO[Si](c2ccccc2)(c2ccccc2)C(C)(C)C)[C@@H]2OC(C)(C)O[C@@H]2C(C)(C)CSc2ccccc2)cc1. The van der Waals surface area contributed by atoms with E-state index in [4.69, 9.17) is 23.4 Å². The Bertz CT molecular complexity index is 1630. The first kappa shape index (κ1) is 39.0. The number of thioether (sulfide) groups is 1. The number of ether oxygens (including phenoxy) is 4. The number of hydrogen-bond acceptors (Lipinski definition) is 6. The standard InChI is InChI=1S/C44H56O5SSi/c1-42(2,3)51(38-20-14-10-15-21-38,39-22-16-11-17-23-39)47-31-29-35(28-30-46-32-34-24-26-36(45-8)27-25-34)40-41(49-44(6,7)48-40)43(4,5)33-50-37-18-12-9-13-19-37/h9-27,29,40-41H,28,30-33H2,1-8H3/b35-29+/t40-,41-/m0/s1. The quantitative estimate of drug-likeness (QED) is 0.0497. The van der Waals surface area contributed by atoms with Crippen molar-refractivity contribution in [3.63, 3.8) is 0 Å². The average Bonchev–Trinajstić information content (AvgIpc) is 3.47. The Balaban J connectivity index is 1.45. The van der Waals surface area contributed by atoms with Crippen LogP contribution in [0.1, 0.15) is 60.5 Å². The number of rotatable bonds is 16. The van der Waals surface area contributed by atoms with Crippen LogP contribution in [0.5, 0.6) is 5.75 Å². The van der Waals surface area contributed by atoms with Crippen molar-refractivity contribution in [1.29, 1.82) is 0 Å². The summed E-state index contributed by atoms with van der Waals surface area (Å²) in [4.78, 5) is 1.25. The minimum Gasteiger partial charge on any atom is -0.497 e. The third kappa shape index (κ3) is 9.83. The van der Waals surface area contributed by atoms with Crippen molar-refractivity contribution >= 4 is 30.5 Å². The molecule has 0 aromatic heterocycles. The van der Waals surface area contributed by atoms with Gasteiger partial charge < -0.3 is 23.4 Å². The number of methoxy groups -OCH3 is 1. The van der Waals surface area contributed by atoms with Gasteiger partial charge in [-0.15, -0.1) is 11.8 Å². The zero-order valence-corrected chi connectivity index (χ0v) is 33.5. The molecule has 1 saturated heterocycles. The van der Waals surface area contributed by atoms with Gasteiger partial charge in [-0.2, -0.15) is 0 Å². The Morgan fingerprint density at radius 3 is 1.90 bits per heavy atom. The first-order valence-electron chi connectivity index (χ1n) is 18.0. The Morgan fingerprint density at radius 2 is 1.35 bits per heavy atom. The smallest absolute Gasteiger partial charge is 0.261 e. The molecule has 2 atom stereocenters. The Kier molecular flexibility index (Phi) is 13.1. The first-order valence-corrected chi connectivity index (χ1v) is 20.9. The lowest BCUT2D eigenvalue weighted by molar-refractivity contribution is -0.152. The molecule has 0 N–H and O–H groups in total. The molecule has 51 heavy (non-hydrogen) atoms. The van der Waals surface area contributed by atoms with E-state index < -0.39 is 14.1 Å². The largest absolute Gasteiger partial charge is 0.497 e. The summed E-state index contributed by atoms with van der Waals surface area (Å²) in [6.07, 6.45) is 2.55. The number of hydrogen-bond donors (Lipinski definition) is 0. The molecule has 0 aliphatic carbocycles. The molecule has 4 aromatic carbocycles. The normalized spacial score (nSPS) is 18.2. The van der Waals surface area contributed by atoms with Crippen LogP contribution in [-0.2, 0) is 25.2 Å². The fourth-order valence-corrected chi connectivity index (χ4v) is 12.5. The van der Waals surface area contributed by atoms with Gasteiger partial charge in [-0.3, -0.25) is 0 Å². The van der Waals surface area contributed by atoms with Gasteiger partial charge in [-0.1, -0.05) is 132 Å². The molecule has 5 nitrogen and oxygen atoms in total. The Morgan fingerprint density at radius 1 is 0.784 bits per heavy atom. The van der Waals surface area contributed by atoms with Gasteiger partial charge in [-0.05, 0) is 71.1 Å². The van der Waals surface area contributed by atoms with Crippen LogP contribution < -0.4 is 15.1 Å². The van der Waals surface area contributed by atoms with Crippen LogP contribution in [0.4, 0.5) is 0 Å². The van der Waals surface area contributed by atoms with Gasteiger partial charge in [0.25, 0.3) is 8.32 Å². The second-order valence-electron chi connectivity index (χ2n) is 15.5. The molecular formula is C44H56O5SSi. The fourth-order valence-electron chi connectivity index (χ4n) is 6.97. The summed E-state index contributed by atoms with van der Waals surface area (Å²) in [5, 5.41) is 2.40. The minimum absolute atomic E-state index is 0.126. The lowest BCUT2D eigenvalue weighted by Gasteiger charge is -2.43. The van der Waals surface area contributed by atoms with Gasteiger partial charge in [0.2, 0.25) is 0 Å². The van der Waals surface area contributed by atoms with Crippen LogP contribution in [0.25, 0.3) is 0 Å². The molecule has 1 aliphatic heterocycles. The van der Waals surface area contributed by atoms with Gasteiger partial charge in [0.1, 0.15) is 11.9 Å². The highest BCUT2D eigenvalue weighted by atomic mass is 32.2. The van der Waals surface area contributed by atoms with Crippen molar-refractivity contribution in [2.24, 2.45) is 5.41 Å². The molecule has 0 saturated carbocycles. The van der Waals surface area contributed by atoms with Crippen LogP contribution in [0.15, 0.2) is 132 Å². The molecule has 5 rings (SSSR count). The second-order valence-corrected chi connectivity index (χ2v) is 20.8. The minimum atomic E-state index is -2.74. The topological polar surface area (TPSA) is 46.2 Å². The second kappa shape index (κ2) is 17.1. The van der Waals surface area contributed by atoms with E-state index in [9.17, 15) is 0 Å². The molecule has 1 heterocycles. The zero-order valence-electron chi connectivity index (χ0n) is 31.7. The molecule has 0 unspecified atom stereocenters. The molecule has 1 aliphatic rings. The highest BCUT2D eigenvalue weighted by molar-refractivity contribution is 7.99. The summed E-state index contributed by atoms with van der Waals surface area (Å²) in [5.41, 5.74) is 2.06. The predicted molar refractivity (Wildman–Crippen MR) is 214 cm³/mol. The molecule has 0 amide bonds. The summed E-state index contributed by atoms with van der Waals surface area (Å²) in [6, 6.07) is 40.2. The molecule has 0 bridgehead atoms. The van der Waals surface area contributed by atoms with E-state index in [1.165, 1.54) is 15.3 Å². The third-order valence-electron chi connectivity index (χ3n) is 9.61. The van der Waals surface area contributed by atoms with E-state index in [-0.39, 0.29) is 22.7 Å². The van der Waals surface area contributed by atoms with Gasteiger partial charge in [0.05, 0.1) is 33.0 Å². The molecule has 0 spiro atoms. The van der Waals surface area contributed by atoms with E-state index in [0.717, 1.165) is 22.6 Å². The average molecular weight is 725 g/mol. The van der Waals surface area contributed by atoms with Crippen LogP contribution >= 0.6 is 11.8 Å².